The summed E-state index contributed by atoms with van der Waals surface area (Å²) in [7, 11) is -5.02. The van der Waals surface area contributed by atoms with Crippen LogP contribution >= 0.6 is 0 Å². The van der Waals surface area contributed by atoms with Crippen LogP contribution in [-0.4, -0.2) is 38.1 Å². The third kappa shape index (κ3) is 35.6. The van der Waals surface area contributed by atoms with E-state index in [-0.39, 0.29) is 48.3 Å². The summed E-state index contributed by atoms with van der Waals surface area (Å²) in [5.41, 5.74) is -0.782. The molecule has 1 aromatic rings. The Kier molecular flexibility index (Phi) is 42.7. The van der Waals surface area contributed by atoms with E-state index in [1.54, 1.807) is 0 Å². The average molecular weight is 881 g/mol. The van der Waals surface area contributed by atoms with Crippen LogP contribution in [0.25, 0.3) is 0 Å². The predicted octanol–water partition coefficient (Wildman–Crippen LogP) is 13.1. The van der Waals surface area contributed by atoms with Gasteiger partial charge in [-0.1, -0.05) is 211 Å². The van der Waals surface area contributed by atoms with E-state index in [4.69, 9.17) is 9.47 Å². The fourth-order valence-corrected chi connectivity index (χ4v) is 8.40. The summed E-state index contributed by atoms with van der Waals surface area (Å²) in [6, 6.07) is 3.63. The SMILES string of the molecule is CCCCCCCCCCC/C=C/CCCCCCCCCOC(=O)c1cccc(S(=O)(=O)[O-])c1C(=O)OCCCCCCCCC/C=C/CCCCCCCCCCC.[Na+]. The first-order chi connectivity index (χ1) is 29.3. The second-order valence-corrected chi connectivity index (χ2v) is 18.5. The molecule has 346 valence electrons. The molecule has 61 heavy (non-hydrogen) atoms. The number of ether oxygens (including phenoxy) is 2. The molecule has 7 nitrogen and oxygen atoms in total. The zero-order valence-corrected chi connectivity index (χ0v) is 42.5. The molecule has 0 aliphatic heterocycles. The normalized spacial score (nSPS) is 11.7. The Labute approximate surface area is 397 Å². The summed E-state index contributed by atoms with van der Waals surface area (Å²) in [4.78, 5) is 25.3. The average Bonchev–Trinajstić information content (AvgIpc) is 3.24. The Balaban J connectivity index is 0.0000360. The van der Waals surface area contributed by atoms with E-state index >= 15 is 0 Å². The third-order valence-electron chi connectivity index (χ3n) is 11.5. The van der Waals surface area contributed by atoms with Gasteiger partial charge in [-0.2, -0.15) is 0 Å². The number of hydrogen-bond donors (Lipinski definition) is 0. The molecular formula is C52H89NaO7S. The molecule has 0 bridgehead atoms. The van der Waals surface area contributed by atoms with Crippen molar-refractivity contribution in [3.8, 4) is 0 Å². The molecule has 0 spiro atoms. The summed E-state index contributed by atoms with van der Waals surface area (Å²) < 4.78 is 46.9. The van der Waals surface area contributed by atoms with E-state index < -0.39 is 32.5 Å². The van der Waals surface area contributed by atoms with Gasteiger partial charge in [-0.05, 0) is 76.3 Å². The van der Waals surface area contributed by atoms with Crippen LogP contribution in [0.3, 0.4) is 0 Å². The molecule has 1 aromatic carbocycles. The Morgan fingerprint density at radius 1 is 0.459 bits per heavy atom. The van der Waals surface area contributed by atoms with Gasteiger partial charge >= 0.3 is 41.5 Å². The molecule has 0 aliphatic carbocycles. The third-order valence-corrected chi connectivity index (χ3v) is 12.4. The summed E-state index contributed by atoms with van der Waals surface area (Å²) >= 11 is 0. The van der Waals surface area contributed by atoms with Crippen molar-refractivity contribution in [2.24, 2.45) is 0 Å². The van der Waals surface area contributed by atoms with Gasteiger partial charge in [0, 0.05) is 0 Å². The van der Waals surface area contributed by atoms with E-state index in [1.807, 2.05) is 0 Å². The molecule has 0 saturated carbocycles. The van der Waals surface area contributed by atoms with Crippen molar-refractivity contribution < 1.29 is 61.6 Å². The van der Waals surface area contributed by atoms with Crippen LogP contribution in [0.15, 0.2) is 47.4 Å². The Bertz CT molecular complexity index is 1340. The fourth-order valence-electron chi connectivity index (χ4n) is 7.71. The number of carbonyl (C=O) groups is 2. The van der Waals surface area contributed by atoms with Crippen LogP contribution in [-0.2, 0) is 19.6 Å². The Morgan fingerprint density at radius 2 is 0.754 bits per heavy atom. The number of allylic oxidation sites excluding steroid dienone is 4. The van der Waals surface area contributed by atoms with Gasteiger partial charge in [-0.25, -0.2) is 18.0 Å². The first kappa shape index (κ1) is 59.5. The predicted molar refractivity (Wildman–Crippen MR) is 251 cm³/mol. The van der Waals surface area contributed by atoms with Gasteiger partial charge in [0.25, 0.3) is 0 Å². The van der Waals surface area contributed by atoms with E-state index in [9.17, 15) is 22.6 Å². The molecule has 0 amide bonds. The van der Waals surface area contributed by atoms with Crippen molar-refractivity contribution >= 4 is 22.1 Å². The molecule has 0 aromatic heterocycles. The molecular weight excluding hydrogens is 792 g/mol. The van der Waals surface area contributed by atoms with E-state index in [2.05, 4.69) is 38.2 Å². The minimum atomic E-state index is -5.02. The maximum Gasteiger partial charge on any atom is 1.00 e. The van der Waals surface area contributed by atoms with Gasteiger partial charge in [0.05, 0.1) is 29.2 Å². The van der Waals surface area contributed by atoms with Crippen molar-refractivity contribution in [1.29, 1.82) is 0 Å². The first-order valence-corrected chi connectivity index (χ1v) is 26.5. The molecule has 0 N–H and O–H groups in total. The number of esters is 2. The molecule has 0 fully saturated rings. The zero-order valence-electron chi connectivity index (χ0n) is 39.7. The monoisotopic (exact) mass is 881 g/mol. The van der Waals surface area contributed by atoms with Gasteiger partial charge in [-0.3, -0.25) is 0 Å². The molecule has 0 saturated heterocycles. The fraction of sp³-hybridized carbons (Fsp3) is 0.769. The molecule has 1 rings (SSSR count). The van der Waals surface area contributed by atoms with Crippen LogP contribution in [0.1, 0.15) is 266 Å². The van der Waals surface area contributed by atoms with Crippen molar-refractivity contribution in [3.05, 3.63) is 53.6 Å². The summed E-state index contributed by atoms with van der Waals surface area (Å²) in [5, 5.41) is 0. The molecule has 0 radical (unpaired) electrons. The summed E-state index contributed by atoms with van der Waals surface area (Å²) in [6.45, 7) is 4.77. The molecule has 0 aliphatic rings. The smallest absolute Gasteiger partial charge is 0.744 e. The van der Waals surface area contributed by atoms with Crippen LogP contribution in [0.2, 0.25) is 0 Å². The Morgan fingerprint density at radius 3 is 1.08 bits per heavy atom. The van der Waals surface area contributed by atoms with Gasteiger partial charge in [0.2, 0.25) is 0 Å². The van der Waals surface area contributed by atoms with Crippen LogP contribution < -0.4 is 29.6 Å². The maximum absolute atomic E-state index is 13.1. The number of unbranched alkanes of at least 4 members (excludes halogenated alkanes) is 32. The van der Waals surface area contributed by atoms with Crippen LogP contribution in [0.4, 0.5) is 0 Å². The van der Waals surface area contributed by atoms with E-state index in [0.29, 0.717) is 12.8 Å². The second-order valence-electron chi connectivity index (χ2n) is 17.1. The van der Waals surface area contributed by atoms with Crippen LogP contribution in [0.5, 0.6) is 0 Å². The molecule has 9 heteroatoms. The van der Waals surface area contributed by atoms with Gasteiger partial charge in [-0.15, -0.1) is 0 Å². The van der Waals surface area contributed by atoms with Crippen molar-refractivity contribution in [2.45, 2.75) is 250 Å². The number of benzene rings is 1. The van der Waals surface area contributed by atoms with E-state index in [0.717, 1.165) is 57.4 Å². The zero-order chi connectivity index (χ0) is 43.6. The summed E-state index contributed by atoms with van der Waals surface area (Å²) in [5.74, 6) is -1.82. The number of hydrogen-bond acceptors (Lipinski definition) is 7. The molecule has 0 unspecified atom stereocenters. The van der Waals surface area contributed by atoms with Crippen molar-refractivity contribution in [2.75, 3.05) is 13.2 Å². The second kappa shape index (κ2) is 43.8. The summed E-state index contributed by atoms with van der Waals surface area (Å²) in [6.07, 6.45) is 53.3. The Hall–Kier alpha value is -1.45. The topological polar surface area (TPSA) is 110 Å². The number of carbonyl (C=O) groups excluding carboxylic acids is 2. The van der Waals surface area contributed by atoms with Crippen molar-refractivity contribution in [3.63, 3.8) is 0 Å². The first-order valence-electron chi connectivity index (χ1n) is 25.1. The minimum absolute atomic E-state index is 0. The van der Waals surface area contributed by atoms with Gasteiger partial charge in [0.15, 0.2) is 0 Å². The van der Waals surface area contributed by atoms with Gasteiger partial charge < -0.3 is 14.0 Å². The molecule has 0 heterocycles. The molecule has 0 atom stereocenters. The standard InChI is InChI=1S/C52H90O7S.Na/c1-3-5-7-9-11-13-15-17-19-21-23-25-27-29-31-33-35-37-39-41-46-58-51(53)48-44-43-45-49(60(55,56)57)50(48)52(54)59-47-42-40-38-36-34-32-30-28-26-24-22-20-18-16-14-12-10-8-6-4-2;/h23-26,43-45H,3-22,27-42,46-47H2,1-2H3,(H,55,56,57);/q;+1/p-1/b25-23+,26-24+;. The minimum Gasteiger partial charge on any atom is -0.744 e. The maximum atomic E-state index is 13.1. The van der Waals surface area contributed by atoms with Crippen molar-refractivity contribution in [1.82, 2.24) is 0 Å². The van der Waals surface area contributed by atoms with Gasteiger partial charge in [0.1, 0.15) is 10.1 Å². The quantitative estimate of drug-likeness (QED) is 0.0211. The van der Waals surface area contributed by atoms with E-state index in [1.165, 1.54) is 179 Å². The largest absolute Gasteiger partial charge is 1.00 e. The number of rotatable bonds is 43. The van der Waals surface area contributed by atoms with Crippen LogP contribution in [0, 0.1) is 0 Å².